The summed E-state index contributed by atoms with van der Waals surface area (Å²) in [4.78, 5) is 12.0. The van der Waals surface area contributed by atoms with E-state index in [2.05, 4.69) is 46.0 Å². The van der Waals surface area contributed by atoms with Crippen LogP contribution in [0.1, 0.15) is 78.6 Å². The lowest BCUT2D eigenvalue weighted by Crippen LogP contribution is -2.45. The molecule has 0 N–H and O–H groups in total. The zero-order chi connectivity index (χ0) is 18.9. The maximum Gasteiger partial charge on any atom is 0.192 e. The number of Topliss-reactive ketones (excluding diaryl/α,β-unsaturated/α-hetero) is 1. The molecule has 0 bridgehead atoms. The normalized spacial score (nSPS) is 32.3. The number of ketones is 1. The van der Waals surface area contributed by atoms with E-state index in [9.17, 15) is 4.79 Å². The highest BCUT2D eigenvalue weighted by Crippen LogP contribution is 2.47. The van der Waals surface area contributed by atoms with Gasteiger partial charge in [-0.2, -0.15) is 0 Å². The molecule has 0 saturated heterocycles. The van der Waals surface area contributed by atoms with Gasteiger partial charge in [-0.05, 0) is 68.0 Å². The average Bonchev–Trinajstić information content (AvgIpc) is 3.14. The second-order valence-electron chi connectivity index (χ2n) is 10.6. The molecule has 3 saturated carbocycles. The van der Waals surface area contributed by atoms with Crippen LogP contribution in [0.4, 0.5) is 0 Å². The minimum atomic E-state index is -1.77. The van der Waals surface area contributed by atoms with E-state index < -0.39 is 8.32 Å². The van der Waals surface area contributed by atoms with Crippen LogP contribution in [0, 0.1) is 23.7 Å². The summed E-state index contributed by atoms with van der Waals surface area (Å²) in [5.74, 6) is 2.84. The molecule has 3 heteroatoms. The second-order valence-corrected chi connectivity index (χ2v) is 15.4. The Morgan fingerprint density at radius 3 is 2.38 bits per heavy atom. The highest BCUT2D eigenvalue weighted by atomic mass is 28.4. The Labute approximate surface area is 162 Å². The van der Waals surface area contributed by atoms with Crippen molar-refractivity contribution in [1.82, 2.24) is 0 Å². The molecule has 26 heavy (non-hydrogen) atoms. The smallest absolute Gasteiger partial charge is 0.192 e. The molecule has 2 nitrogen and oxygen atoms in total. The SMILES string of the molecule is CC(C)(C)[Si](C)(C)OC(C=CC1CCC2C(=O)CCC12)C1CCCCC1. The van der Waals surface area contributed by atoms with E-state index in [1.807, 2.05) is 0 Å². The first-order valence-electron chi connectivity index (χ1n) is 11.1. The Kier molecular flexibility index (Phi) is 6.18. The maximum absolute atomic E-state index is 12.0. The molecule has 0 aromatic heterocycles. The third kappa shape index (κ3) is 4.35. The van der Waals surface area contributed by atoms with Crippen LogP contribution in [0.2, 0.25) is 18.1 Å². The molecule has 0 spiro atoms. The Hall–Kier alpha value is -0.413. The molecular weight excluding hydrogens is 336 g/mol. The van der Waals surface area contributed by atoms with Gasteiger partial charge in [-0.15, -0.1) is 0 Å². The molecule has 3 aliphatic rings. The number of rotatable bonds is 5. The van der Waals surface area contributed by atoms with Gasteiger partial charge in [0.15, 0.2) is 8.32 Å². The molecule has 3 fully saturated rings. The van der Waals surface area contributed by atoms with Gasteiger partial charge in [0, 0.05) is 12.3 Å². The van der Waals surface area contributed by atoms with Crippen LogP contribution < -0.4 is 0 Å². The number of carbonyl (C=O) groups is 1. The van der Waals surface area contributed by atoms with Gasteiger partial charge in [0.1, 0.15) is 5.78 Å². The molecule has 0 aromatic rings. The number of fused-ring (bicyclic) bond motifs is 1. The molecule has 0 radical (unpaired) electrons. The molecule has 0 heterocycles. The molecule has 3 rings (SSSR count). The van der Waals surface area contributed by atoms with Crippen molar-refractivity contribution in [2.24, 2.45) is 23.7 Å². The first-order chi connectivity index (χ1) is 12.2. The van der Waals surface area contributed by atoms with Crippen LogP contribution >= 0.6 is 0 Å². The number of hydrogen-bond donors (Lipinski definition) is 0. The van der Waals surface area contributed by atoms with Gasteiger partial charge in [0.2, 0.25) is 0 Å². The summed E-state index contributed by atoms with van der Waals surface area (Å²) in [6, 6.07) is 0. The lowest BCUT2D eigenvalue weighted by atomic mass is 9.84. The van der Waals surface area contributed by atoms with Crippen LogP contribution in [0.15, 0.2) is 12.2 Å². The third-order valence-corrected chi connectivity index (χ3v) is 12.4. The molecule has 4 atom stereocenters. The van der Waals surface area contributed by atoms with E-state index in [1.54, 1.807) is 0 Å². The molecule has 0 aliphatic heterocycles. The van der Waals surface area contributed by atoms with Crippen molar-refractivity contribution in [3.8, 4) is 0 Å². The van der Waals surface area contributed by atoms with E-state index >= 15 is 0 Å². The van der Waals surface area contributed by atoms with E-state index in [1.165, 1.54) is 38.5 Å². The van der Waals surface area contributed by atoms with Crippen LogP contribution in [0.25, 0.3) is 0 Å². The van der Waals surface area contributed by atoms with Gasteiger partial charge in [-0.25, -0.2) is 0 Å². The van der Waals surface area contributed by atoms with Gasteiger partial charge in [0.05, 0.1) is 6.10 Å². The fourth-order valence-electron chi connectivity index (χ4n) is 5.17. The molecule has 3 aliphatic carbocycles. The van der Waals surface area contributed by atoms with Gasteiger partial charge in [0.25, 0.3) is 0 Å². The largest absolute Gasteiger partial charge is 0.410 e. The summed E-state index contributed by atoms with van der Waals surface area (Å²) >= 11 is 0. The quantitative estimate of drug-likeness (QED) is 0.403. The van der Waals surface area contributed by atoms with Crippen molar-refractivity contribution in [1.29, 1.82) is 0 Å². The summed E-state index contributed by atoms with van der Waals surface area (Å²) < 4.78 is 6.92. The fraction of sp³-hybridized carbons (Fsp3) is 0.870. The highest BCUT2D eigenvalue weighted by molar-refractivity contribution is 6.74. The average molecular weight is 377 g/mol. The van der Waals surface area contributed by atoms with Crippen molar-refractivity contribution in [3.05, 3.63) is 12.2 Å². The summed E-state index contributed by atoms with van der Waals surface area (Å²) in [7, 11) is -1.77. The Bertz CT molecular complexity index is 525. The maximum atomic E-state index is 12.0. The van der Waals surface area contributed by atoms with Gasteiger partial charge in [-0.3, -0.25) is 4.79 Å². The predicted octanol–water partition coefficient (Wildman–Crippen LogP) is 6.52. The van der Waals surface area contributed by atoms with Gasteiger partial charge in [-0.1, -0.05) is 52.2 Å². The van der Waals surface area contributed by atoms with Crippen molar-refractivity contribution in [2.45, 2.75) is 103 Å². The molecule has 4 unspecified atom stereocenters. The summed E-state index contributed by atoms with van der Waals surface area (Å²) in [5.41, 5.74) is 0. The molecule has 0 aromatic carbocycles. The summed E-state index contributed by atoms with van der Waals surface area (Å²) in [6.07, 6.45) is 16.2. The lowest BCUT2D eigenvalue weighted by Gasteiger charge is -2.41. The van der Waals surface area contributed by atoms with Crippen molar-refractivity contribution in [3.63, 3.8) is 0 Å². The summed E-state index contributed by atoms with van der Waals surface area (Å²) in [6.45, 7) is 11.8. The van der Waals surface area contributed by atoms with Crippen molar-refractivity contribution < 1.29 is 9.22 Å². The van der Waals surface area contributed by atoms with Crippen molar-refractivity contribution in [2.75, 3.05) is 0 Å². The molecular formula is C23H40O2Si. The minimum absolute atomic E-state index is 0.254. The fourth-order valence-corrected chi connectivity index (χ4v) is 6.48. The van der Waals surface area contributed by atoms with E-state index in [0.29, 0.717) is 29.5 Å². The van der Waals surface area contributed by atoms with Crippen LogP contribution in [0.3, 0.4) is 0 Å². The second kappa shape index (κ2) is 7.91. The number of carbonyl (C=O) groups excluding carboxylic acids is 1. The topological polar surface area (TPSA) is 26.3 Å². The zero-order valence-electron chi connectivity index (χ0n) is 17.7. The van der Waals surface area contributed by atoms with Crippen LogP contribution in [-0.2, 0) is 9.22 Å². The number of allylic oxidation sites excluding steroid dienone is 1. The lowest BCUT2D eigenvalue weighted by molar-refractivity contribution is -0.120. The first kappa shape index (κ1) is 20.3. The van der Waals surface area contributed by atoms with E-state index in [4.69, 9.17) is 4.43 Å². The van der Waals surface area contributed by atoms with Gasteiger partial charge >= 0.3 is 0 Å². The monoisotopic (exact) mass is 376 g/mol. The van der Waals surface area contributed by atoms with E-state index in [0.717, 1.165) is 19.3 Å². The Balaban J connectivity index is 1.72. The predicted molar refractivity (Wildman–Crippen MR) is 112 cm³/mol. The first-order valence-corrected chi connectivity index (χ1v) is 14.0. The molecule has 148 valence electrons. The standard InChI is InChI=1S/C23H40O2Si/c1-23(2,3)26(4,5)25-22(18-9-7-6-8-10-18)16-12-17-11-13-20-19(17)14-15-21(20)24/h12,16-20,22H,6-11,13-15H2,1-5H3. The minimum Gasteiger partial charge on any atom is -0.410 e. The third-order valence-electron chi connectivity index (χ3n) is 7.91. The van der Waals surface area contributed by atoms with E-state index in [-0.39, 0.29) is 11.1 Å². The number of hydrogen-bond acceptors (Lipinski definition) is 2. The summed E-state index contributed by atoms with van der Waals surface area (Å²) in [5, 5.41) is 0.254. The Morgan fingerprint density at radius 2 is 1.73 bits per heavy atom. The van der Waals surface area contributed by atoms with Gasteiger partial charge < -0.3 is 4.43 Å². The van der Waals surface area contributed by atoms with Crippen LogP contribution in [-0.4, -0.2) is 20.2 Å². The van der Waals surface area contributed by atoms with Crippen molar-refractivity contribution >= 4 is 14.1 Å². The highest BCUT2D eigenvalue weighted by Gasteiger charge is 2.44. The Morgan fingerprint density at radius 1 is 1.04 bits per heavy atom. The van der Waals surface area contributed by atoms with Crippen LogP contribution in [0.5, 0.6) is 0 Å². The molecule has 0 amide bonds. The zero-order valence-corrected chi connectivity index (χ0v) is 18.7.